The Morgan fingerprint density at radius 1 is 1.18 bits per heavy atom. The third-order valence-electron chi connectivity index (χ3n) is 7.80. The molecule has 1 saturated carbocycles. The summed E-state index contributed by atoms with van der Waals surface area (Å²) in [5, 5.41) is 0.698. The maximum absolute atomic E-state index is 14.2. The summed E-state index contributed by atoms with van der Waals surface area (Å²) < 4.78 is 19.7. The second kappa shape index (κ2) is 11.2. The third kappa shape index (κ3) is 5.62. The maximum Gasteiger partial charge on any atom is 0.231 e. The Morgan fingerprint density at radius 3 is 2.77 bits per heavy atom. The molecule has 1 fully saturated rings. The van der Waals surface area contributed by atoms with Crippen LogP contribution in [0.5, 0.6) is 0 Å². The van der Waals surface area contributed by atoms with Crippen LogP contribution in [-0.2, 0) is 24.8 Å². The van der Waals surface area contributed by atoms with Gasteiger partial charge in [-0.1, -0.05) is 41.9 Å². The van der Waals surface area contributed by atoms with Gasteiger partial charge in [-0.3, -0.25) is 9.52 Å². The average molecular weight is 561 g/mol. The molecule has 2 aliphatic rings. The Morgan fingerprint density at radius 2 is 2.00 bits per heavy atom. The molecular weight excluding hydrogens is 531 g/mol. The largest absolute Gasteiger partial charge is 0.337 e. The van der Waals surface area contributed by atoms with Crippen molar-refractivity contribution in [2.75, 3.05) is 4.90 Å². The molecule has 2 aliphatic carbocycles. The fourth-order valence-electron chi connectivity index (χ4n) is 5.47. The molecule has 3 aromatic carbocycles. The molecule has 8 heteroatoms. The Hall–Kier alpha value is -3.13. The number of hydrogen-bond acceptors (Lipinski definition) is 4. The Labute approximate surface area is 237 Å². The van der Waals surface area contributed by atoms with Crippen molar-refractivity contribution in [3.8, 4) is 0 Å². The number of aryl methyl sites for hydroxylation is 2. The molecule has 6 rings (SSSR count). The van der Waals surface area contributed by atoms with Crippen molar-refractivity contribution in [1.29, 1.82) is 0 Å². The number of hydrogen-bond donors (Lipinski definition) is 1. The minimum absolute atomic E-state index is 0.0613. The molecule has 1 heterocycles. The van der Waals surface area contributed by atoms with Gasteiger partial charge in [-0.15, -0.1) is 0 Å². The summed E-state index contributed by atoms with van der Waals surface area (Å²) in [7, 11) is 1.95. The van der Waals surface area contributed by atoms with E-state index in [9.17, 15) is 9.18 Å². The van der Waals surface area contributed by atoms with Crippen LogP contribution in [0.15, 0.2) is 84.0 Å². The van der Waals surface area contributed by atoms with Crippen molar-refractivity contribution < 1.29 is 9.18 Å². The van der Waals surface area contributed by atoms with Crippen molar-refractivity contribution in [1.82, 2.24) is 14.3 Å². The first-order valence-electron chi connectivity index (χ1n) is 13.3. The van der Waals surface area contributed by atoms with Crippen LogP contribution in [0, 0.1) is 11.7 Å². The van der Waals surface area contributed by atoms with Crippen LogP contribution >= 0.6 is 23.5 Å². The number of aromatic nitrogens is 2. The highest BCUT2D eigenvalue weighted by Gasteiger charge is 2.46. The van der Waals surface area contributed by atoms with Crippen molar-refractivity contribution in [2.45, 2.75) is 49.1 Å². The van der Waals surface area contributed by atoms with E-state index in [1.807, 2.05) is 53.0 Å². The number of imidazole rings is 1. The Balaban J connectivity index is 1.28. The van der Waals surface area contributed by atoms with Gasteiger partial charge in [0.15, 0.2) is 0 Å². The number of rotatable bonds is 8. The van der Waals surface area contributed by atoms with E-state index in [1.165, 1.54) is 29.1 Å². The molecule has 0 saturated heterocycles. The molecule has 4 aromatic rings. The number of fused-ring (bicyclic) bond motifs is 1. The number of benzene rings is 3. The van der Waals surface area contributed by atoms with E-state index < -0.39 is 0 Å². The van der Waals surface area contributed by atoms with E-state index in [1.54, 1.807) is 18.3 Å². The summed E-state index contributed by atoms with van der Waals surface area (Å²) >= 11 is 7.41. The van der Waals surface area contributed by atoms with Gasteiger partial charge in [0.1, 0.15) is 11.6 Å². The zero-order valence-electron chi connectivity index (χ0n) is 21.7. The smallest absolute Gasteiger partial charge is 0.231 e. The van der Waals surface area contributed by atoms with Gasteiger partial charge in [-0.25, -0.2) is 9.37 Å². The van der Waals surface area contributed by atoms with E-state index >= 15 is 0 Å². The first kappa shape index (κ1) is 26.1. The molecule has 1 N–H and O–H groups in total. The molecular formula is C31H30ClFN4OS. The predicted molar refractivity (Wildman–Crippen MR) is 154 cm³/mol. The second-order valence-electron chi connectivity index (χ2n) is 10.4. The minimum atomic E-state index is -0.230. The van der Waals surface area contributed by atoms with Crippen LogP contribution in [-0.4, -0.2) is 15.5 Å². The van der Waals surface area contributed by atoms with Gasteiger partial charge in [-0.05, 0) is 96.6 Å². The molecule has 200 valence electrons. The van der Waals surface area contributed by atoms with Crippen LogP contribution in [0.2, 0.25) is 5.02 Å². The number of amides is 1. The molecule has 0 bridgehead atoms. The molecule has 3 atom stereocenters. The summed E-state index contributed by atoms with van der Waals surface area (Å²) in [6.45, 7) is 0.396. The molecule has 39 heavy (non-hydrogen) atoms. The highest BCUT2D eigenvalue weighted by Crippen LogP contribution is 2.49. The van der Waals surface area contributed by atoms with Crippen molar-refractivity contribution >= 4 is 35.1 Å². The van der Waals surface area contributed by atoms with Crippen molar-refractivity contribution in [3.05, 3.63) is 112 Å². The van der Waals surface area contributed by atoms with E-state index in [4.69, 9.17) is 11.6 Å². The van der Waals surface area contributed by atoms with Crippen LogP contribution < -0.4 is 9.62 Å². The van der Waals surface area contributed by atoms with Crippen molar-refractivity contribution in [2.24, 2.45) is 13.0 Å². The first-order valence-corrected chi connectivity index (χ1v) is 14.5. The second-order valence-corrected chi connectivity index (χ2v) is 11.7. The monoisotopic (exact) mass is 560 g/mol. The fraction of sp³-hybridized carbons (Fsp3) is 0.290. The van der Waals surface area contributed by atoms with E-state index in [-0.39, 0.29) is 29.6 Å². The molecule has 0 aliphatic heterocycles. The molecule has 3 unspecified atom stereocenters. The zero-order valence-corrected chi connectivity index (χ0v) is 23.3. The quantitative estimate of drug-likeness (QED) is 0.231. The van der Waals surface area contributed by atoms with Crippen LogP contribution in [0.1, 0.15) is 53.7 Å². The van der Waals surface area contributed by atoms with E-state index in [2.05, 4.69) is 27.9 Å². The van der Waals surface area contributed by atoms with Crippen LogP contribution in [0.4, 0.5) is 10.1 Å². The first-order chi connectivity index (χ1) is 19.0. The fourth-order valence-corrected chi connectivity index (χ4v) is 6.42. The number of carbonyl (C=O) groups is 1. The standard InChI is InChI=1S/C31H30ClFN4OS/c1-36-16-15-34-30(36)19-37(31(38)26-18-24(26)21-9-12-22(32)13-10-21)23-14-11-20-5-4-7-28(25(20)17-23)35-39-29-8-3-2-6-27(29)33/h2-3,6,8-17,24,26,28,35H,4-5,7,18-19H2,1H3. The van der Waals surface area contributed by atoms with Gasteiger partial charge < -0.3 is 9.47 Å². The number of halogens is 2. The summed E-state index contributed by atoms with van der Waals surface area (Å²) in [6.07, 6.45) is 7.49. The summed E-state index contributed by atoms with van der Waals surface area (Å²) in [6, 6.07) is 21.0. The lowest BCUT2D eigenvalue weighted by molar-refractivity contribution is -0.120. The molecule has 1 amide bonds. The number of carbonyl (C=O) groups excluding carboxylic acids is 1. The lowest BCUT2D eigenvalue weighted by Crippen LogP contribution is -2.33. The number of nitrogens with zero attached hydrogens (tertiary/aromatic N) is 3. The van der Waals surface area contributed by atoms with Gasteiger partial charge in [0.25, 0.3) is 0 Å². The average Bonchev–Trinajstić information content (AvgIpc) is 3.65. The molecule has 0 spiro atoms. The topological polar surface area (TPSA) is 50.2 Å². The van der Waals surface area contributed by atoms with Gasteiger partial charge in [0.2, 0.25) is 5.91 Å². The van der Waals surface area contributed by atoms with Gasteiger partial charge in [0, 0.05) is 42.1 Å². The molecule has 5 nitrogen and oxygen atoms in total. The SMILES string of the molecule is Cn1ccnc1CN(C(=O)C1CC1c1ccc(Cl)cc1)c1ccc2c(c1)C(NSc1ccccc1F)CCC2. The zero-order chi connectivity index (χ0) is 26.9. The summed E-state index contributed by atoms with van der Waals surface area (Å²) in [5.74, 6) is 0.829. The lowest BCUT2D eigenvalue weighted by Gasteiger charge is -2.29. The number of anilines is 1. The van der Waals surface area contributed by atoms with Gasteiger partial charge in [-0.2, -0.15) is 0 Å². The van der Waals surface area contributed by atoms with Crippen molar-refractivity contribution in [3.63, 3.8) is 0 Å². The minimum Gasteiger partial charge on any atom is -0.337 e. The van der Waals surface area contributed by atoms with Gasteiger partial charge >= 0.3 is 0 Å². The molecule has 0 radical (unpaired) electrons. The summed E-state index contributed by atoms with van der Waals surface area (Å²) in [4.78, 5) is 21.0. The highest BCUT2D eigenvalue weighted by molar-refractivity contribution is 7.97. The van der Waals surface area contributed by atoms with Crippen LogP contribution in [0.3, 0.4) is 0 Å². The maximum atomic E-state index is 14.2. The third-order valence-corrected chi connectivity index (χ3v) is 9.00. The normalized spacial score (nSPS) is 19.9. The number of nitrogens with one attached hydrogen (secondary N) is 1. The Kier molecular flexibility index (Phi) is 7.47. The van der Waals surface area contributed by atoms with E-state index in [0.717, 1.165) is 42.8 Å². The van der Waals surface area contributed by atoms with Gasteiger partial charge in [0.05, 0.1) is 11.4 Å². The Bertz CT molecular complexity index is 1490. The molecule has 1 aromatic heterocycles. The lowest BCUT2D eigenvalue weighted by atomic mass is 9.87. The van der Waals surface area contributed by atoms with E-state index in [0.29, 0.717) is 16.5 Å². The highest BCUT2D eigenvalue weighted by atomic mass is 35.5. The predicted octanol–water partition coefficient (Wildman–Crippen LogP) is 7.22. The van der Waals surface area contributed by atoms with Crippen LogP contribution in [0.25, 0.3) is 0 Å². The summed E-state index contributed by atoms with van der Waals surface area (Å²) in [5.41, 5.74) is 4.46.